The molecule has 0 aromatic heterocycles. The van der Waals surface area contributed by atoms with Gasteiger partial charge in [-0.25, -0.2) is 0 Å². The second kappa shape index (κ2) is 53.6. The Kier molecular flexibility index (Phi) is 50.1. The summed E-state index contributed by atoms with van der Waals surface area (Å²) in [5.74, 6) is -1.20. The zero-order valence-corrected chi connectivity index (χ0v) is 57.7. The number of aliphatic hydroxyl groups is 1. The molecule has 19 nitrogen and oxygen atoms in total. The number of allylic oxidation sites excluding steroid dienone is 2. The minimum Gasteiger partial charge on any atom is -0.388 e. The van der Waals surface area contributed by atoms with Crippen molar-refractivity contribution in [2.45, 2.75) is 352 Å². The number of carbonyl (C=O) groups is 3. The Balaban J connectivity index is 2.42. The predicted octanol–water partition coefficient (Wildman–Crippen LogP) is 14.2. The molecule has 0 spiro atoms. The maximum absolute atomic E-state index is 14.1. The van der Waals surface area contributed by atoms with Crippen LogP contribution in [0.1, 0.15) is 285 Å². The molecule has 2 heterocycles. The lowest BCUT2D eigenvalue weighted by atomic mass is 9.92. The highest BCUT2D eigenvalue weighted by Gasteiger charge is 2.54. The summed E-state index contributed by atoms with van der Waals surface area (Å²) in [4.78, 5) is 62.1. The van der Waals surface area contributed by atoms with Gasteiger partial charge in [-0.3, -0.25) is 24.5 Å². The van der Waals surface area contributed by atoms with E-state index in [1.807, 2.05) is 0 Å². The Bertz CT molecular complexity index is 1830. The smallest absolute Gasteiger partial charge is 0.388 e. The lowest BCUT2D eigenvalue weighted by Gasteiger charge is -2.47. The quantitative estimate of drug-likeness (QED) is 0.0143. The Morgan fingerprint density at radius 1 is 0.557 bits per heavy atom. The number of nitrogens with two attached hydrogens (primary N) is 1. The second-order valence-corrected chi connectivity index (χ2v) is 27.7. The van der Waals surface area contributed by atoms with Crippen molar-refractivity contribution in [1.29, 1.82) is 0 Å². The average Bonchev–Trinajstić information content (AvgIpc) is 2.14. The standard InChI is InChI=1S/C67H127N3O16P2/c1-7-11-15-19-22-25-26-27-28-29-30-32-34-38-42-46-59(72)69-62-66(82-49-47-55(80-6)45-41-36-18-14-10-4)64(86-87(75)76)57(51-79-5)85-67(62)83-52-56-63(74)65(81-48-43-39-35-24-21-17-13-9-3)61(58(84-56)53-88(68,77)78)70-60(73)50-54(71)44-40-37-33-31-23-20-16-12-8-2/h25-26,55-58,61-67,74H,7-24,27-53H2,1-6H3,(H5-,68,69,70,72,73,75,76,77,78)/p+1/b26-25-/t55-,56-,57-,58-,61+,62-,63-,64-,65-,66-,67-/m1/s1. The topological polar surface area (TPSA) is 270 Å². The summed E-state index contributed by atoms with van der Waals surface area (Å²) in [5, 5.41) is 18.3. The molecule has 21 heteroatoms. The molecule has 2 saturated heterocycles. The summed E-state index contributed by atoms with van der Waals surface area (Å²) >= 11 is 0. The van der Waals surface area contributed by atoms with Gasteiger partial charge in [0.1, 0.15) is 42.3 Å². The van der Waals surface area contributed by atoms with Crippen molar-refractivity contribution in [3.63, 3.8) is 0 Å². The number of carbonyl (C=O) groups excluding carboxylic acids is 3. The number of nitrogens with one attached hydrogen (secondary N) is 2. The third-order valence-corrected chi connectivity index (χ3v) is 18.4. The van der Waals surface area contributed by atoms with Gasteiger partial charge < -0.3 is 53.8 Å². The van der Waals surface area contributed by atoms with Crippen molar-refractivity contribution in [1.82, 2.24) is 10.6 Å². The SMILES string of the molecule is CCCCCC/C=C\CCCCCCCCCC(=O)N[C@H]1[C@H](OC[C@H]2O[C@H](CP(N)(=O)O)[C@H](NC(=O)CC(=O)CCCCCCCCCCC)[C@@H](OCCCCCCCCCC)[C@@H]2O)O[C@H](COC)[C@@H](O[P+](=O)O)[C@@H]1OCC[C@@H](CCCCCCC)OC. The molecule has 0 aromatic carbocycles. The van der Waals surface area contributed by atoms with E-state index < -0.39 is 102 Å². The van der Waals surface area contributed by atoms with Crippen molar-refractivity contribution in [3.05, 3.63) is 12.2 Å². The maximum atomic E-state index is 14.1. The van der Waals surface area contributed by atoms with Gasteiger partial charge in [-0.05, 0) is 57.8 Å². The van der Waals surface area contributed by atoms with Crippen LogP contribution in [0.3, 0.4) is 0 Å². The number of methoxy groups -OCH3 is 2. The number of amides is 2. The van der Waals surface area contributed by atoms with Crippen molar-refractivity contribution < 1.29 is 76.1 Å². The van der Waals surface area contributed by atoms with Gasteiger partial charge in [-0.1, -0.05) is 220 Å². The largest absolute Gasteiger partial charge is 0.695 e. The van der Waals surface area contributed by atoms with Crippen molar-refractivity contribution >= 4 is 33.4 Å². The van der Waals surface area contributed by atoms with Gasteiger partial charge in [0, 0.05) is 44.8 Å². The number of Topliss-reactive ketones (excluding diaryl/α,β-unsaturated/α-hetero) is 1. The summed E-state index contributed by atoms with van der Waals surface area (Å²) in [6, 6.07) is -2.34. The number of hydrogen-bond donors (Lipinski definition) is 6. The Morgan fingerprint density at radius 2 is 1.05 bits per heavy atom. The van der Waals surface area contributed by atoms with E-state index in [0.717, 1.165) is 141 Å². The number of ketones is 1. The Hall–Kier alpha value is -1.80. The maximum Gasteiger partial charge on any atom is 0.695 e. The van der Waals surface area contributed by atoms with E-state index in [9.17, 15) is 38.4 Å². The minimum absolute atomic E-state index is 0.122. The highest BCUT2D eigenvalue weighted by atomic mass is 31.2. The number of ether oxygens (including phenoxy) is 7. The molecule has 516 valence electrons. The van der Waals surface area contributed by atoms with Crippen LogP contribution in [0, 0.1) is 0 Å². The molecule has 0 aliphatic carbocycles. The third-order valence-electron chi connectivity index (χ3n) is 17.1. The highest BCUT2D eigenvalue weighted by Crippen LogP contribution is 2.38. The minimum atomic E-state index is -4.37. The molecule has 13 atom stereocenters. The lowest BCUT2D eigenvalue weighted by Crippen LogP contribution is -2.67. The molecule has 2 amide bonds. The molecule has 0 radical (unpaired) electrons. The first-order valence-corrected chi connectivity index (χ1v) is 38.2. The molecule has 7 N–H and O–H groups in total. The Morgan fingerprint density at radius 3 is 1.58 bits per heavy atom. The summed E-state index contributed by atoms with van der Waals surface area (Å²) < 4.78 is 75.5. The lowest BCUT2D eigenvalue weighted by molar-refractivity contribution is -0.289. The van der Waals surface area contributed by atoms with Gasteiger partial charge in [0.2, 0.25) is 11.8 Å². The molecule has 2 rings (SSSR count). The molecule has 2 fully saturated rings. The van der Waals surface area contributed by atoms with Gasteiger partial charge in [-0.2, -0.15) is 0 Å². The van der Waals surface area contributed by atoms with E-state index in [1.54, 1.807) is 7.11 Å². The zero-order chi connectivity index (χ0) is 64.5. The molecule has 0 saturated carbocycles. The number of aliphatic hydroxyl groups excluding tert-OH is 1. The van der Waals surface area contributed by atoms with E-state index in [-0.39, 0.29) is 50.5 Å². The molecule has 2 aliphatic rings. The molecule has 0 bridgehead atoms. The van der Waals surface area contributed by atoms with Crippen LogP contribution in [-0.2, 0) is 61.2 Å². The van der Waals surface area contributed by atoms with E-state index in [1.165, 1.54) is 77.7 Å². The fraction of sp³-hybridized carbons (Fsp3) is 0.925. The van der Waals surface area contributed by atoms with Crippen LogP contribution in [0.4, 0.5) is 0 Å². The van der Waals surface area contributed by atoms with Crippen molar-refractivity contribution in [2.75, 3.05) is 46.8 Å². The van der Waals surface area contributed by atoms with Crippen LogP contribution in [0.25, 0.3) is 0 Å². The molecular weight excluding hydrogens is 1160 g/mol. The Labute approximate surface area is 534 Å². The molecule has 0 aromatic rings. The molecule has 2 aliphatic heterocycles. The predicted molar refractivity (Wildman–Crippen MR) is 350 cm³/mol. The van der Waals surface area contributed by atoms with Gasteiger partial charge in [0.05, 0.1) is 44.0 Å². The average molecular weight is 1290 g/mol. The number of unbranched alkanes of at least 4 members (excludes halogenated alkanes) is 30. The first kappa shape index (κ1) is 82.3. The van der Waals surface area contributed by atoms with Crippen LogP contribution in [0.15, 0.2) is 12.2 Å². The van der Waals surface area contributed by atoms with Crippen LogP contribution in [0.2, 0.25) is 0 Å². The first-order chi connectivity index (χ1) is 42.6. The van der Waals surface area contributed by atoms with Crippen LogP contribution < -0.4 is 16.1 Å². The molecular formula is C67H128N3O16P2+. The van der Waals surface area contributed by atoms with E-state index in [2.05, 4.69) is 50.5 Å². The van der Waals surface area contributed by atoms with Crippen molar-refractivity contribution in [3.8, 4) is 0 Å². The summed E-state index contributed by atoms with van der Waals surface area (Å²) in [7, 11) is -4.48. The molecule has 88 heavy (non-hydrogen) atoms. The van der Waals surface area contributed by atoms with Gasteiger partial charge in [0.15, 0.2) is 12.4 Å². The fourth-order valence-corrected chi connectivity index (χ4v) is 13.3. The van der Waals surface area contributed by atoms with Crippen molar-refractivity contribution in [2.24, 2.45) is 5.50 Å². The van der Waals surface area contributed by atoms with Crippen LogP contribution in [0.5, 0.6) is 0 Å². The monoisotopic (exact) mass is 1290 g/mol. The van der Waals surface area contributed by atoms with E-state index in [0.29, 0.717) is 25.7 Å². The summed E-state index contributed by atoms with van der Waals surface area (Å²) in [6.07, 6.45) is 32.8. The third kappa shape index (κ3) is 39.7. The summed E-state index contributed by atoms with van der Waals surface area (Å²) in [5.41, 5.74) is 5.84. The van der Waals surface area contributed by atoms with E-state index >= 15 is 0 Å². The normalized spacial score (nSPS) is 23.5. The molecule has 2 unspecified atom stereocenters. The van der Waals surface area contributed by atoms with Gasteiger partial charge in [0.25, 0.3) is 7.52 Å². The first-order valence-electron chi connectivity index (χ1n) is 35.2. The second-order valence-electron chi connectivity index (χ2n) is 25.1. The van der Waals surface area contributed by atoms with Crippen LogP contribution >= 0.6 is 15.8 Å². The van der Waals surface area contributed by atoms with E-state index in [4.69, 9.17) is 43.2 Å². The van der Waals surface area contributed by atoms with Crippen LogP contribution in [-0.4, -0.2) is 147 Å². The highest BCUT2D eigenvalue weighted by molar-refractivity contribution is 7.55. The zero-order valence-electron chi connectivity index (χ0n) is 55.9. The number of hydrogen-bond acceptors (Lipinski definition) is 14. The fourth-order valence-electron chi connectivity index (χ4n) is 12.0. The van der Waals surface area contributed by atoms with Gasteiger partial charge >= 0.3 is 8.25 Å². The summed E-state index contributed by atoms with van der Waals surface area (Å²) in [6.45, 7) is 8.52. The number of rotatable bonds is 59. The van der Waals surface area contributed by atoms with Gasteiger partial charge in [-0.15, -0.1) is 9.42 Å².